The van der Waals surface area contributed by atoms with Gasteiger partial charge in [0, 0.05) is 32.2 Å². The Kier molecular flexibility index (Phi) is 8.54. The zero-order valence-electron chi connectivity index (χ0n) is 26.3. The van der Waals surface area contributed by atoms with Gasteiger partial charge in [-0.1, -0.05) is 49.2 Å². The van der Waals surface area contributed by atoms with Crippen LogP contribution in [0.2, 0.25) is 5.02 Å². The summed E-state index contributed by atoms with van der Waals surface area (Å²) in [5.74, 6) is 0.921. The maximum absolute atomic E-state index is 14.0. The molecule has 1 aromatic heterocycles. The number of H-pyrrole nitrogens is 1. The molecule has 3 atom stereocenters. The third-order valence-corrected chi connectivity index (χ3v) is 11.0. The highest BCUT2D eigenvalue weighted by atomic mass is 35.5. The maximum atomic E-state index is 14.0. The molecular weight excluding hydrogens is 576 g/mol. The van der Waals surface area contributed by atoms with E-state index in [0.717, 1.165) is 66.0 Å². The molecule has 1 heterocycles. The van der Waals surface area contributed by atoms with Gasteiger partial charge < -0.3 is 25.1 Å². The minimum Gasteiger partial charge on any atom is -0.383 e. The highest BCUT2D eigenvalue weighted by Crippen LogP contribution is 2.57. The third-order valence-electron chi connectivity index (χ3n) is 10.7. The largest absolute Gasteiger partial charge is 0.383 e. The van der Waals surface area contributed by atoms with E-state index < -0.39 is 11.5 Å². The maximum Gasteiger partial charge on any atom is 0.242 e. The Hall–Kier alpha value is -2.94. The Labute approximate surface area is 265 Å². The lowest BCUT2D eigenvalue weighted by molar-refractivity contribution is -0.135. The molecule has 3 aliphatic rings. The summed E-state index contributed by atoms with van der Waals surface area (Å²) in [4.78, 5) is 35.9. The van der Waals surface area contributed by atoms with Gasteiger partial charge in [0.1, 0.15) is 11.9 Å². The molecule has 0 radical (unpaired) electrons. The van der Waals surface area contributed by atoms with Crippen LogP contribution in [-0.4, -0.2) is 60.8 Å². The molecule has 0 bridgehead atoms. The van der Waals surface area contributed by atoms with Gasteiger partial charge in [-0.25, -0.2) is 4.98 Å². The van der Waals surface area contributed by atoms with Crippen LogP contribution in [0.3, 0.4) is 0 Å². The van der Waals surface area contributed by atoms with Crippen LogP contribution in [0.15, 0.2) is 42.5 Å². The second kappa shape index (κ2) is 12.1. The van der Waals surface area contributed by atoms with Crippen molar-refractivity contribution in [2.24, 2.45) is 11.3 Å². The van der Waals surface area contributed by atoms with Gasteiger partial charge in [-0.3, -0.25) is 9.59 Å². The molecule has 3 aliphatic carbocycles. The molecule has 0 aliphatic heterocycles. The topological polar surface area (TPSA) is 105 Å². The van der Waals surface area contributed by atoms with Crippen LogP contribution in [0.4, 0.5) is 0 Å². The number of fused-ring (bicyclic) bond motifs is 1. The summed E-state index contributed by atoms with van der Waals surface area (Å²) in [5.41, 5.74) is 2.63. The van der Waals surface area contributed by atoms with Gasteiger partial charge >= 0.3 is 0 Å². The number of rotatable bonds is 14. The standard InChI is InChI=1S/C35H45ClN4O4/c1-33(14-15-33)25(24-10-5-6-11-26(24)36)19-29-38-27-13-12-23(18-28(27)39-29)34(2,21-43-3)32(42)40-30(22-8-7-9-22)31(41)37-20-35(44-4)16-17-35/h5-6,10-13,18,22,25,30H,7-9,14-17,19-21H2,1-4H3,(H,37,41)(H,38,39)(H,40,42)/t25-,30-,34?/m1/s1. The fourth-order valence-electron chi connectivity index (χ4n) is 6.72. The molecule has 44 heavy (non-hydrogen) atoms. The molecule has 6 rings (SSSR count). The van der Waals surface area contributed by atoms with Crippen molar-refractivity contribution in [3.05, 3.63) is 64.4 Å². The van der Waals surface area contributed by atoms with Crippen molar-refractivity contribution in [2.45, 2.75) is 88.2 Å². The van der Waals surface area contributed by atoms with Gasteiger partial charge in [0.15, 0.2) is 0 Å². The van der Waals surface area contributed by atoms with E-state index in [9.17, 15) is 9.59 Å². The van der Waals surface area contributed by atoms with E-state index in [1.807, 2.05) is 37.3 Å². The smallest absolute Gasteiger partial charge is 0.242 e. The van der Waals surface area contributed by atoms with E-state index in [1.165, 1.54) is 18.4 Å². The van der Waals surface area contributed by atoms with E-state index >= 15 is 0 Å². The lowest BCUT2D eigenvalue weighted by Crippen LogP contribution is -2.58. The summed E-state index contributed by atoms with van der Waals surface area (Å²) >= 11 is 6.65. The van der Waals surface area contributed by atoms with E-state index in [-0.39, 0.29) is 41.3 Å². The second-order valence-corrected chi connectivity index (χ2v) is 14.3. The second-order valence-electron chi connectivity index (χ2n) is 13.9. The molecule has 9 heteroatoms. The van der Waals surface area contributed by atoms with Gasteiger partial charge in [0.05, 0.1) is 28.7 Å². The third kappa shape index (κ3) is 6.13. The van der Waals surface area contributed by atoms with Crippen LogP contribution in [0.1, 0.15) is 81.7 Å². The number of hydrogen-bond donors (Lipinski definition) is 3. The summed E-state index contributed by atoms with van der Waals surface area (Å²) in [6.45, 7) is 4.84. The molecular formula is C35H45ClN4O4. The number of ether oxygens (including phenoxy) is 2. The average molecular weight is 621 g/mol. The van der Waals surface area contributed by atoms with E-state index in [4.69, 9.17) is 26.1 Å². The molecule has 0 spiro atoms. The molecule has 236 valence electrons. The van der Waals surface area contributed by atoms with Gasteiger partial charge in [-0.15, -0.1) is 0 Å². The Morgan fingerprint density at radius 2 is 1.89 bits per heavy atom. The fraction of sp³-hybridized carbons (Fsp3) is 0.571. The molecule has 2 amide bonds. The molecule has 3 saturated carbocycles. The minimum atomic E-state index is -1.01. The van der Waals surface area contributed by atoms with Gasteiger partial charge in [-0.2, -0.15) is 0 Å². The first-order valence-electron chi connectivity index (χ1n) is 16.0. The highest BCUT2D eigenvalue weighted by Gasteiger charge is 2.47. The Morgan fingerprint density at radius 1 is 1.14 bits per heavy atom. The van der Waals surface area contributed by atoms with Crippen molar-refractivity contribution in [3.8, 4) is 0 Å². The predicted molar refractivity (Wildman–Crippen MR) is 172 cm³/mol. The monoisotopic (exact) mass is 620 g/mol. The summed E-state index contributed by atoms with van der Waals surface area (Å²) in [6, 6.07) is 13.4. The summed E-state index contributed by atoms with van der Waals surface area (Å²) < 4.78 is 11.2. The number of hydrogen-bond acceptors (Lipinski definition) is 5. The van der Waals surface area contributed by atoms with Gasteiger partial charge in [0.2, 0.25) is 11.8 Å². The molecule has 1 unspecified atom stereocenters. The van der Waals surface area contributed by atoms with Gasteiger partial charge in [-0.05, 0) is 92.0 Å². The summed E-state index contributed by atoms with van der Waals surface area (Å²) in [5, 5.41) is 6.99. The number of nitrogens with one attached hydrogen (secondary N) is 3. The SMILES string of the molecule is COCC(C)(C(=O)N[C@@H](C(=O)NCC1(OC)CC1)C1CCC1)c1ccc2nc(C[C@H](c3ccccc3Cl)C3(C)CC3)[nH]c2c1. The molecule has 3 N–H and O–H groups in total. The van der Waals surface area contributed by atoms with Crippen LogP contribution in [0.5, 0.6) is 0 Å². The van der Waals surface area contributed by atoms with Crippen LogP contribution >= 0.6 is 11.6 Å². The average Bonchev–Trinajstić information content (AvgIpc) is 3.90. The Balaban J connectivity index is 1.22. The molecule has 2 aromatic carbocycles. The number of carbonyl (C=O) groups is 2. The van der Waals surface area contributed by atoms with Crippen molar-refractivity contribution in [3.63, 3.8) is 0 Å². The van der Waals surface area contributed by atoms with Crippen molar-refractivity contribution in [1.82, 2.24) is 20.6 Å². The number of halogens is 1. The van der Waals surface area contributed by atoms with Crippen LogP contribution in [-0.2, 0) is 30.9 Å². The number of aromatic amines is 1. The van der Waals surface area contributed by atoms with Gasteiger partial charge in [0.25, 0.3) is 0 Å². The number of aromatic nitrogens is 2. The Bertz CT molecular complexity index is 1530. The summed E-state index contributed by atoms with van der Waals surface area (Å²) in [6.07, 6.45) is 7.88. The van der Waals surface area contributed by atoms with E-state index in [2.05, 4.69) is 34.7 Å². The van der Waals surface area contributed by atoms with Crippen molar-refractivity contribution in [2.75, 3.05) is 27.4 Å². The first-order chi connectivity index (χ1) is 21.1. The predicted octanol–water partition coefficient (Wildman–Crippen LogP) is 5.83. The highest BCUT2D eigenvalue weighted by molar-refractivity contribution is 6.31. The number of nitrogens with zero attached hydrogens (tertiary/aromatic N) is 1. The fourth-order valence-corrected chi connectivity index (χ4v) is 6.99. The number of amides is 2. The minimum absolute atomic E-state index is 0.125. The first-order valence-corrected chi connectivity index (χ1v) is 16.3. The quantitative estimate of drug-likeness (QED) is 0.210. The molecule has 0 saturated heterocycles. The van der Waals surface area contributed by atoms with E-state index in [1.54, 1.807) is 14.2 Å². The zero-order chi connectivity index (χ0) is 31.1. The van der Waals surface area contributed by atoms with Crippen LogP contribution in [0.25, 0.3) is 11.0 Å². The number of benzene rings is 2. The Morgan fingerprint density at radius 3 is 2.50 bits per heavy atom. The van der Waals surface area contributed by atoms with E-state index in [0.29, 0.717) is 6.54 Å². The van der Waals surface area contributed by atoms with Crippen molar-refractivity contribution >= 4 is 34.4 Å². The zero-order valence-corrected chi connectivity index (χ0v) is 27.1. The van der Waals surface area contributed by atoms with Crippen LogP contribution < -0.4 is 10.6 Å². The van der Waals surface area contributed by atoms with Crippen molar-refractivity contribution in [1.29, 1.82) is 0 Å². The number of methoxy groups -OCH3 is 2. The number of carbonyl (C=O) groups excluding carboxylic acids is 2. The lowest BCUT2D eigenvalue weighted by Gasteiger charge is -2.36. The van der Waals surface area contributed by atoms with Crippen LogP contribution in [0, 0.1) is 11.3 Å². The molecule has 3 fully saturated rings. The lowest BCUT2D eigenvalue weighted by atomic mass is 9.77. The number of imidazole rings is 1. The normalized spacial score (nSPS) is 21.1. The molecule has 8 nitrogen and oxygen atoms in total. The van der Waals surface area contributed by atoms with Crippen molar-refractivity contribution < 1.29 is 19.1 Å². The molecule has 3 aromatic rings. The first kappa shape index (κ1) is 31.1. The summed E-state index contributed by atoms with van der Waals surface area (Å²) in [7, 11) is 3.28.